The summed E-state index contributed by atoms with van der Waals surface area (Å²) in [7, 11) is 0. The van der Waals surface area contributed by atoms with E-state index in [4.69, 9.17) is 11.6 Å². The largest absolute Gasteiger partial charge is 0.390 e. The molecule has 23 heavy (non-hydrogen) atoms. The first-order valence-electron chi connectivity index (χ1n) is 8.42. The molecule has 124 valence electrons. The van der Waals surface area contributed by atoms with Crippen LogP contribution in [0.3, 0.4) is 0 Å². The average Bonchev–Trinajstić information content (AvgIpc) is 2.58. The molecule has 0 aliphatic heterocycles. The van der Waals surface area contributed by atoms with Crippen molar-refractivity contribution in [2.75, 3.05) is 18.4 Å². The van der Waals surface area contributed by atoms with E-state index < -0.39 is 6.10 Å². The van der Waals surface area contributed by atoms with Crippen LogP contribution >= 0.6 is 11.6 Å². The zero-order valence-electron chi connectivity index (χ0n) is 13.3. The number of anilines is 1. The van der Waals surface area contributed by atoms with E-state index in [1.54, 1.807) is 6.20 Å². The van der Waals surface area contributed by atoms with Crippen LogP contribution in [0.1, 0.15) is 32.1 Å². The highest BCUT2D eigenvalue weighted by Gasteiger charge is 2.14. The third-order valence-electron chi connectivity index (χ3n) is 4.48. The fourth-order valence-corrected chi connectivity index (χ4v) is 3.35. The van der Waals surface area contributed by atoms with Crippen LogP contribution in [0.4, 0.5) is 5.69 Å². The van der Waals surface area contributed by atoms with Gasteiger partial charge in [0.1, 0.15) is 0 Å². The number of halogens is 1. The van der Waals surface area contributed by atoms with E-state index in [-0.39, 0.29) is 0 Å². The summed E-state index contributed by atoms with van der Waals surface area (Å²) in [6.45, 7) is 1.15. The SMILES string of the molecule is O[C@@H](CNc1ccnc2cc(Cl)ccc12)CNC1CCCCC1. The molecule has 1 aliphatic rings. The van der Waals surface area contributed by atoms with E-state index in [0.29, 0.717) is 24.2 Å². The minimum absolute atomic E-state index is 0.410. The number of hydrogen-bond donors (Lipinski definition) is 3. The second-order valence-corrected chi connectivity index (χ2v) is 6.73. The van der Waals surface area contributed by atoms with Gasteiger partial charge in [-0.25, -0.2) is 0 Å². The van der Waals surface area contributed by atoms with Crippen LogP contribution in [0.25, 0.3) is 10.9 Å². The number of aliphatic hydroxyl groups excluding tert-OH is 1. The van der Waals surface area contributed by atoms with Gasteiger partial charge in [0, 0.05) is 41.4 Å². The Labute approximate surface area is 142 Å². The molecule has 1 atom stereocenters. The lowest BCUT2D eigenvalue weighted by atomic mass is 9.95. The molecule has 0 saturated heterocycles. The highest BCUT2D eigenvalue weighted by atomic mass is 35.5. The first-order chi connectivity index (χ1) is 11.2. The highest BCUT2D eigenvalue weighted by molar-refractivity contribution is 6.31. The fraction of sp³-hybridized carbons (Fsp3) is 0.500. The van der Waals surface area contributed by atoms with Crippen molar-refractivity contribution >= 4 is 28.2 Å². The lowest BCUT2D eigenvalue weighted by molar-refractivity contribution is 0.175. The molecule has 0 radical (unpaired) electrons. The summed E-state index contributed by atoms with van der Waals surface area (Å²) in [5.74, 6) is 0. The Morgan fingerprint density at radius 3 is 2.83 bits per heavy atom. The zero-order valence-corrected chi connectivity index (χ0v) is 14.0. The smallest absolute Gasteiger partial charge is 0.0836 e. The van der Waals surface area contributed by atoms with Crippen molar-refractivity contribution in [2.24, 2.45) is 0 Å². The van der Waals surface area contributed by atoms with E-state index >= 15 is 0 Å². The van der Waals surface area contributed by atoms with Crippen molar-refractivity contribution in [3.63, 3.8) is 0 Å². The van der Waals surface area contributed by atoms with Crippen molar-refractivity contribution in [3.05, 3.63) is 35.5 Å². The summed E-state index contributed by atoms with van der Waals surface area (Å²) in [4.78, 5) is 4.33. The number of rotatable bonds is 6. The van der Waals surface area contributed by atoms with Gasteiger partial charge in [-0.3, -0.25) is 4.98 Å². The van der Waals surface area contributed by atoms with E-state index in [1.165, 1.54) is 32.1 Å². The van der Waals surface area contributed by atoms with Gasteiger partial charge in [-0.15, -0.1) is 0 Å². The average molecular weight is 334 g/mol. The number of nitrogens with one attached hydrogen (secondary N) is 2. The van der Waals surface area contributed by atoms with Crippen molar-refractivity contribution in [1.82, 2.24) is 10.3 Å². The van der Waals surface area contributed by atoms with E-state index in [1.807, 2.05) is 24.3 Å². The minimum Gasteiger partial charge on any atom is -0.390 e. The lowest BCUT2D eigenvalue weighted by Crippen LogP contribution is -2.39. The van der Waals surface area contributed by atoms with Gasteiger partial charge in [0.25, 0.3) is 0 Å². The molecule has 1 heterocycles. The number of aliphatic hydroxyl groups is 1. The third-order valence-corrected chi connectivity index (χ3v) is 4.72. The summed E-state index contributed by atoms with van der Waals surface area (Å²) < 4.78 is 0. The Balaban J connectivity index is 1.53. The number of aromatic nitrogens is 1. The molecule has 0 unspecified atom stereocenters. The van der Waals surface area contributed by atoms with Gasteiger partial charge in [0.2, 0.25) is 0 Å². The highest BCUT2D eigenvalue weighted by Crippen LogP contribution is 2.24. The second kappa shape index (κ2) is 7.95. The lowest BCUT2D eigenvalue weighted by Gasteiger charge is -2.24. The summed E-state index contributed by atoms with van der Waals surface area (Å²) in [5, 5.41) is 18.7. The zero-order chi connectivity index (χ0) is 16.1. The monoisotopic (exact) mass is 333 g/mol. The van der Waals surface area contributed by atoms with E-state index in [9.17, 15) is 5.11 Å². The molecule has 3 rings (SSSR count). The van der Waals surface area contributed by atoms with Crippen LogP contribution in [0, 0.1) is 0 Å². The molecular weight excluding hydrogens is 310 g/mol. The molecule has 2 aromatic rings. The molecule has 1 aliphatic carbocycles. The first kappa shape index (κ1) is 16.5. The van der Waals surface area contributed by atoms with Crippen LogP contribution in [0.5, 0.6) is 0 Å². The quantitative estimate of drug-likeness (QED) is 0.756. The number of fused-ring (bicyclic) bond motifs is 1. The van der Waals surface area contributed by atoms with Gasteiger partial charge in [0.15, 0.2) is 0 Å². The Morgan fingerprint density at radius 2 is 2.00 bits per heavy atom. The molecular formula is C18H24ClN3O. The van der Waals surface area contributed by atoms with Crippen molar-refractivity contribution < 1.29 is 5.11 Å². The fourth-order valence-electron chi connectivity index (χ4n) is 3.18. The second-order valence-electron chi connectivity index (χ2n) is 6.30. The van der Waals surface area contributed by atoms with Gasteiger partial charge < -0.3 is 15.7 Å². The Kier molecular flexibility index (Phi) is 5.70. The molecule has 1 saturated carbocycles. The predicted octanol–water partition coefficient (Wildman–Crippen LogP) is 3.58. The van der Waals surface area contributed by atoms with Gasteiger partial charge in [-0.05, 0) is 37.1 Å². The maximum absolute atomic E-state index is 10.2. The Morgan fingerprint density at radius 1 is 1.17 bits per heavy atom. The molecule has 1 aromatic carbocycles. The predicted molar refractivity (Wildman–Crippen MR) is 96.1 cm³/mol. The molecule has 5 heteroatoms. The minimum atomic E-state index is -0.410. The van der Waals surface area contributed by atoms with Gasteiger partial charge in [-0.2, -0.15) is 0 Å². The van der Waals surface area contributed by atoms with Crippen LogP contribution in [-0.4, -0.2) is 35.3 Å². The molecule has 0 amide bonds. The molecule has 1 fully saturated rings. The van der Waals surface area contributed by atoms with Crippen molar-refractivity contribution in [2.45, 2.75) is 44.2 Å². The van der Waals surface area contributed by atoms with Gasteiger partial charge >= 0.3 is 0 Å². The van der Waals surface area contributed by atoms with Crippen LogP contribution in [-0.2, 0) is 0 Å². The summed E-state index contributed by atoms with van der Waals surface area (Å²) in [6.07, 6.45) is 7.77. The number of hydrogen-bond acceptors (Lipinski definition) is 4. The molecule has 0 bridgehead atoms. The number of pyridine rings is 1. The first-order valence-corrected chi connectivity index (χ1v) is 8.80. The van der Waals surface area contributed by atoms with Crippen molar-refractivity contribution in [1.29, 1.82) is 0 Å². The van der Waals surface area contributed by atoms with Crippen molar-refractivity contribution in [3.8, 4) is 0 Å². The molecule has 3 N–H and O–H groups in total. The topological polar surface area (TPSA) is 57.2 Å². The van der Waals surface area contributed by atoms with Crippen LogP contribution < -0.4 is 10.6 Å². The maximum Gasteiger partial charge on any atom is 0.0836 e. The van der Waals surface area contributed by atoms with E-state index in [0.717, 1.165) is 16.6 Å². The maximum atomic E-state index is 10.2. The number of nitrogens with zero attached hydrogens (tertiary/aromatic N) is 1. The summed E-state index contributed by atoms with van der Waals surface area (Å²) in [5.41, 5.74) is 1.83. The Hall–Kier alpha value is -1.36. The Bertz CT molecular complexity index is 643. The molecule has 1 aromatic heterocycles. The van der Waals surface area contributed by atoms with Gasteiger partial charge in [-0.1, -0.05) is 30.9 Å². The molecule has 0 spiro atoms. The van der Waals surface area contributed by atoms with Crippen LogP contribution in [0.15, 0.2) is 30.5 Å². The normalized spacial score (nSPS) is 17.3. The standard InChI is InChI=1S/C18H24ClN3O/c19-13-6-7-16-17(8-9-20-18(16)10-13)22-12-15(23)11-21-14-4-2-1-3-5-14/h6-10,14-15,21,23H,1-5,11-12H2,(H,20,22)/t15-/m1/s1. The molecule has 4 nitrogen and oxygen atoms in total. The van der Waals surface area contributed by atoms with Gasteiger partial charge in [0.05, 0.1) is 11.6 Å². The number of benzene rings is 1. The summed E-state index contributed by atoms with van der Waals surface area (Å²) in [6, 6.07) is 8.17. The van der Waals surface area contributed by atoms with Crippen LogP contribution in [0.2, 0.25) is 5.02 Å². The summed E-state index contributed by atoms with van der Waals surface area (Å²) >= 11 is 6.00. The third kappa shape index (κ3) is 4.56. The van der Waals surface area contributed by atoms with E-state index in [2.05, 4.69) is 15.6 Å².